The molecule has 172 valence electrons. The fourth-order valence-corrected chi connectivity index (χ4v) is 6.27. The van der Waals surface area contributed by atoms with Gasteiger partial charge in [0, 0.05) is 15.5 Å². The second-order valence-corrected chi connectivity index (χ2v) is 10.5. The van der Waals surface area contributed by atoms with Crippen molar-refractivity contribution in [2.75, 3.05) is 4.90 Å². The second kappa shape index (κ2) is 8.08. The minimum Gasteiger partial charge on any atom is -0.309 e. The van der Waals surface area contributed by atoms with Crippen molar-refractivity contribution in [2.45, 2.75) is 13.8 Å². The molecule has 0 aliphatic heterocycles. The van der Waals surface area contributed by atoms with Crippen LogP contribution in [0.4, 0.5) is 17.1 Å². The highest BCUT2D eigenvalue weighted by Gasteiger charge is 2.21. The minimum absolute atomic E-state index is 1.14. The quantitative estimate of drug-likeness (QED) is 0.207. The molecule has 0 aliphatic carbocycles. The first-order chi connectivity index (χ1) is 17.6. The Morgan fingerprint density at radius 3 is 1.92 bits per heavy atom. The van der Waals surface area contributed by atoms with Gasteiger partial charge < -0.3 is 4.90 Å². The fraction of sp³-hybridized carbons (Fsp3) is 0.0588. The molecule has 7 rings (SSSR count). The molecule has 0 saturated heterocycles. The molecule has 36 heavy (non-hydrogen) atoms. The van der Waals surface area contributed by atoms with Gasteiger partial charge in [-0.1, -0.05) is 101 Å². The molecule has 0 bridgehead atoms. The van der Waals surface area contributed by atoms with E-state index in [0.717, 1.165) is 4.47 Å². The van der Waals surface area contributed by atoms with Gasteiger partial charge in [0.25, 0.3) is 0 Å². The number of rotatable bonds is 3. The number of hydrogen-bond donors (Lipinski definition) is 0. The average molecular weight is 526 g/mol. The lowest BCUT2D eigenvalue weighted by Crippen LogP contribution is -2.13. The Morgan fingerprint density at radius 1 is 0.528 bits per heavy atom. The number of halogens is 1. The van der Waals surface area contributed by atoms with Crippen LogP contribution >= 0.6 is 15.9 Å². The van der Waals surface area contributed by atoms with E-state index in [1.165, 1.54) is 71.3 Å². The van der Waals surface area contributed by atoms with E-state index in [-0.39, 0.29) is 0 Å². The SMILES string of the molecule is Cc1cccc(C)c1N(c1ccc2ccccc2c1)c1ccc2ccc3c(Br)ccc4ccc1c2c43. The molecule has 0 spiro atoms. The first-order valence-corrected chi connectivity index (χ1v) is 13.1. The predicted molar refractivity (Wildman–Crippen MR) is 160 cm³/mol. The van der Waals surface area contributed by atoms with E-state index in [1.54, 1.807) is 0 Å². The van der Waals surface area contributed by atoms with Gasteiger partial charge in [-0.25, -0.2) is 0 Å². The molecule has 0 aliphatic rings. The topological polar surface area (TPSA) is 3.24 Å². The van der Waals surface area contributed by atoms with Crippen LogP contribution < -0.4 is 4.90 Å². The Hall–Kier alpha value is -3.88. The summed E-state index contributed by atoms with van der Waals surface area (Å²) in [6.07, 6.45) is 0. The fourth-order valence-electron chi connectivity index (χ4n) is 5.81. The van der Waals surface area contributed by atoms with Crippen LogP contribution in [0.2, 0.25) is 0 Å². The van der Waals surface area contributed by atoms with E-state index in [1.807, 2.05) is 0 Å². The number of nitrogens with zero attached hydrogens (tertiary/aromatic N) is 1. The molecule has 0 heterocycles. The highest BCUT2D eigenvalue weighted by atomic mass is 79.9. The lowest BCUT2D eigenvalue weighted by atomic mass is 9.92. The number of anilines is 3. The number of benzene rings is 7. The normalized spacial score (nSPS) is 11.8. The van der Waals surface area contributed by atoms with Crippen LogP contribution in [0.3, 0.4) is 0 Å². The van der Waals surface area contributed by atoms with Crippen molar-refractivity contribution in [1.29, 1.82) is 0 Å². The minimum atomic E-state index is 1.14. The van der Waals surface area contributed by atoms with Crippen LogP contribution in [0.1, 0.15) is 11.1 Å². The number of aryl methyl sites for hydroxylation is 2. The maximum atomic E-state index is 3.79. The number of hydrogen-bond acceptors (Lipinski definition) is 1. The van der Waals surface area contributed by atoms with Crippen molar-refractivity contribution in [3.63, 3.8) is 0 Å². The summed E-state index contributed by atoms with van der Waals surface area (Å²) in [5.41, 5.74) is 6.13. The van der Waals surface area contributed by atoms with Crippen LogP contribution in [0.25, 0.3) is 43.1 Å². The van der Waals surface area contributed by atoms with Crippen molar-refractivity contribution >= 4 is 76.1 Å². The lowest BCUT2D eigenvalue weighted by molar-refractivity contribution is 1.23. The van der Waals surface area contributed by atoms with E-state index in [4.69, 9.17) is 0 Å². The van der Waals surface area contributed by atoms with Gasteiger partial charge in [-0.15, -0.1) is 0 Å². The zero-order valence-corrected chi connectivity index (χ0v) is 21.8. The molecule has 7 aromatic rings. The maximum Gasteiger partial charge on any atom is 0.0540 e. The van der Waals surface area contributed by atoms with Crippen molar-refractivity contribution in [1.82, 2.24) is 0 Å². The maximum absolute atomic E-state index is 3.79. The van der Waals surface area contributed by atoms with Gasteiger partial charge in [0.1, 0.15) is 0 Å². The van der Waals surface area contributed by atoms with Crippen molar-refractivity contribution in [2.24, 2.45) is 0 Å². The molecular weight excluding hydrogens is 502 g/mol. The number of fused-ring (bicyclic) bond motifs is 1. The summed E-state index contributed by atoms with van der Waals surface area (Å²) >= 11 is 3.79. The Bertz CT molecular complexity index is 1910. The third-order valence-corrected chi connectivity index (χ3v) is 8.18. The summed E-state index contributed by atoms with van der Waals surface area (Å²) in [7, 11) is 0. The zero-order chi connectivity index (χ0) is 24.4. The summed E-state index contributed by atoms with van der Waals surface area (Å²) in [6.45, 7) is 4.42. The molecule has 2 heteroatoms. The summed E-state index contributed by atoms with van der Waals surface area (Å²) in [6, 6.07) is 39.9. The van der Waals surface area contributed by atoms with E-state index >= 15 is 0 Å². The first-order valence-electron chi connectivity index (χ1n) is 12.3. The van der Waals surface area contributed by atoms with Crippen LogP contribution in [0.5, 0.6) is 0 Å². The average Bonchev–Trinajstić information content (AvgIpc) is 2.90. The summed E-state index contributed by atoms with van der Waals surface area (Å²) in [4.78, 5) is 2.46. The van der Waals surface area contributed by atoms with Crippen LogP contribution in [0.15, 0.2) is 114 Å². The largest absolute Gasteiger partial charge is 0.309 e. The van der Waals surface area contributed by atoms with Gasteiger partial charge in [-0.3, -0.25) is 0 Å². The molecular formula is C34H24BrN. The summed E-state index contributed by atoms with van der Waals surface area (Å²) in [5, 5.41) is 10.2. The van der Waals surface area contributed by atoms with E-state index in [2.05, 4.69) is 144 Å². The molecule has 0 aromatic heterocycles. The smallest absolute Gasteiger partial charge is 0.0540 e. The first kappa shape index (κ1) is 21.4. The van der Waals surface area contributed by atoms with Crippen molar-refractivity contribution < 1.29 is 0 Å². The number of para-hydroxylation sites is 1. The van der Waals surface area contributed by atoms with Gasteiger partial charge >= 0.3 is 0 Å². The van der Waals surface area contributed by atoms with Gasteiger partial charge in [0.05, 0.1) is 11.4 Å². The lowest BCUT2D eigenvalue weighted by Gasteiger charge is -2.30. The van der Waals surface area contributed by atoms with Crippen molar-refractivity contribution in [3.05, 3.63) is 125 Å². The predicted octanol–water partition coefficient (Wildman–Crippen LogP) is 10.6. The molecule has 0 unspecified atom stereocenters. The highest BCUT2D eigenvalue weighted by molar-refractivity contribution is 9.10. The van der Waals surface area contributed by atoms with Gasteiger partial charge in [-0.05, 0) is 86.9 Å². The third kappa shape index (κ3) is 3.14. The molecule has 0 atom stereocenters. The van der Waals surface area contributed by atoms with E-state index in [9.17, 15) is 0 Å². The molecule has 0 N–H and O–H groups in total. The zero-order valence-electron chi connectivity index (χ0n) is 20.2. The molecule has 0 fully saturated rings. The van der Waals surface area contributed by atoms with Gasteiger partial charge in [0.15, 0.2) is 0 Å². The Morgan fingerprint density at radius 2 is 1.14 bits per heavy atom. The summed E-state index contributed by atoms with van der Waals surface area (Å²) < 4.78 is 1.14. The molecule has 0 amide bonds. The van der Waals surface area contributed by atoms with Gasteiger partial charge in [0.2, 0.25) is 0 Å². The molecule has 0 saturated carbocycles. The summed E-state index contributed by atoms with van der Waals surface area (Å²) in [5.74, 6) is 0. The Labute approximate surface area is 219 Å². The van der Waals surface area contributed by atoms with Crippen LogP contribution in [-0.4, -0.2) is 0 Å². The van der Waals surface area contributed by atoms with Gasteiger partial charge in [-0.2, -0.15) is 0 Å². The standard InChI is InChI=1S/C34H24BrN/c1-21-6-5-7-22(2)34(21)36(27-15-10-23-8-3-4-9-26(23)20-27)31-19-14-25-11-16-28-30(35)18-13-24-12-17-29(31)33(25)32(24)28/h3-20H,1-2H3. The molecule has 7 aromatic carbocycles. The Kier molecular flexibility index (Phi) is 4.80. The molecule has 0 radical (unpaired) electrons. The molecule has 1 nitrogen and oxygen atoms in total. The highest BCUT2D eigenvalue weighted by Crippen LogP contribution is 2.46. The van der Waals surface area contributed by atoms with E-state index < -0.39 is 0 Å². The van der Waals surface area contributed by atoms with E-state index in [0.29, 0.717) is 0 Å². The monoisotopic (exact) mass is 525 g/mol. The third-order valence-electron chi connectivity index (χ3n) is 7.48. The van der Waals surface area contributed by atoms with Crippen LogP contribution in [-0.2, 0) is 0 Å². The van der Waals surface area contributed by atoms with Crippen molar-refractivity contribution in [3.8, 4) is 0 Å². The Balaban J connectivity index is 1.60. The van der Waals surface area contributed by atoms with Crippen LogP contribution in [0, 0.1) is 13.8 Å². The second-order valence-electron chi connectivity index (χ2n) is 9.66.